The second kappa shape index (κ2) is 6.13. The number of anilines is 1. The molecule has 2 aliphatic heterocycles. The third-order valence-corrected chi connectivity index (χ3v) is 3.80. The van der Waals surface area contributed by atoms with Crippen molar-refractivity contribution in [3.05, 3.63) is 18.0 Å². The van der Waals surface area contributed by atoms with E-state index in [0.717, 1.165) is 12.4 Å². The smallest absolute Gasteiger partial charge is 0.419 e. The van der Waals surface area contributed by atoms with Crippen molar-refractivity contribution < 1.29 is 27.5 Å². The van der Waals surface area contributed by atoms with Crippen LogP contribution >= 0.6 is 0 Å². The lowest BCUT2D eigenvalue weighted by molar-refractivity contribution is -0.139. The van der Waals surface area contributed by atoms with E-state index in [1.54, 1.807) is 9.80 Å². The van der Waals surface area contributed by atoms with E-state index >= 15 is 0 Å². The number of cyclic esters (lactones) is 1. The van der Waals surface area contributed by atoms with Crippen molar-refractivity contribution in [1.82, 2.24) is 20.2 Å². The molecular weight excluding hydrogens is 331 g/mol. The van der Waals surface area contributed by atoms with Crippen LogP contribution in [0.15, 0.2) is 12.4 Å². The quantitative estimate of drug-likeness (QED) is 0.827. The second-order valence-corrected chi connectivity index (χ2v) is 5.36. The minimum atomic E-state index is -4.48. The molecule has 0 bridgehead atoms. The molecule has 3 heterocycles. The van der Waals surface area contributed by atoms with Crippen LogP contribution in [0, 0.1) is 0 Å². The van der Waals surface area contributed by atoms with Crippen LogP contribution in [0.25, 0.3) is 0 Å². The molecule has 2 fully saturated rings. The van der Waals surface area contributed by atoms with Crippen LogP contribution in [-0.4, -0.2) is 65.7 Å². The Kier molecular flexibility index (Phi) is 4.16. The molecular formula is C13H14F3N5O3. The topological polar surface area (TPSA) is 87.7 Å². The summed E-state index contributed by atoms with van der Waals surface area (Å²) in [5.41, 5.74) is -0.907. The Morgan fingerprint density at radius 1 is 1.21 bits per heavy atom. The van der Waals surface area contributed by atoms with Gasteiger partial charge in [0.25, 0.3) is 5.91 Å². The van der Waals surface area contributed by atoms with Crippen LogP contribution in [0.5, 0.6) is 0 Å². The van der Waals surface area contributed by atoms with Crippen LogP contribution in [-0.2, 0) is 15.7 Å². The van der Waals surface area contributed by atoms with Gasteiger partial charge in [0.1, 0.15) is 0 Å². The van der Waals surface area contributed by atoms with Crippen LogP contribution < -0.4 is 10.2 Å². The van der Waals surface area contributed by atoms with Gasteiger partial charge in [0.05, 0.1) is 12.1 Å². The largest absolute Gasteiger partial charge is 0.434 e. The van der Waals surface area contributed by atoms with Crippen molar-refractivity contribution in [2.24, 2.45) is 0 Å². The Hall–Kier alpha value is -2.59. The number of nitrogens with zero attached hydrogens (tertiary/aromatic N) is 4. The molecule has 2 amide bonds. The number of hydrogen-bond acceptors (Lipinski definition) is 6. The van der Waals surface area contributed by atoms with Gasteiger partial charge < -0.3 is 19.9 Å². The number of alkyl carbamates (subject to hydrolysis) is 1. The molecule has 0 spiro atoms. The normalized spacial score (nSPS) is 21.5. The van der Waals surface area contributed by atoms with Gasteiger partial charge in [-0.2, -0.15) is 13.2 Å². The monoisotopic (exact) mass is 345 g/mol. The van der Waals surface area contributed by atoms with Gasteiger partial charge in [-0.25, -0.2) is 14.8 Å². The van der Waals surface area contributed by atoms with E-state index in [0.29, 0.717) is 26.2 Å². The van der Waals surface area contributed by atoms with Crippen molar-refractivity contribution in [3.63, 3.8) is 0 Å². The molecule has 0 aromatic carbocycles. The van der Waals surface area contributed by atoms with Gasteiger partial charge in [0.15, 0.2) is 6.10 Å². The van der Waals surface area contributed by atoms with E-state index in [-0.39, 0.29) is 18.4 Å². The summed E-state index contributed by atoms with van der Waals surface area (Å²) < 4.78 is 42.3. The van der Waals surface area contributed by atoms with Gasteiger partial charge in [-0.15, -0.1) is 0 Å². The van der Waals surface area contributed by atoms with E-state index in [9.17, 15) is 22.8 Å². The third-order valence-electron chi connectivity index (χ3n) is 3.80. The van der Waals surface area contributed by atoms with Gasteiger partial charge in [-0.05, 0) is 0 Å². The summed E-state index contributed by atoms with van der Waals surface area (Å²) >= 11 is 0. The first kappa shape index (κ1) is 16.3. The lowest BCUT2D eigenvalue weighted by Gasteiger charge is -2.35. The predicted molar refractivity (Wildman–Crippen MR) is 74.1 cm³/mol. The molecule has 1 aromatic rings. The molecule has 0 radical (unpaired) electrons. The molecule has 0 saturated carbocycles. The standard InChI is InChI=1S/C13H14F3N5O3/c14-13(15,16)8-5-17-11(18-6-8)21-3-1-20(2-4-21)10(22)9-7-19-12(23)24-9/h5-6,9H,1-4,7H2,(H,19,23). The van der Waals surface area contributed by atoms with Gasteiger partial charge in [0.2, 0.25) is 5.95 Å². The number of halogens is 3. The highest BCUT2D eigenvalue weighted by Crippen LogP contribution is 2.28. The number of rotatable bonds is 2. The predicted octanol–water partition coefficient (Wildman–Crippen LogP) is 0.252. The Labute approximate surface area is 134 Å². The summed E-state index contributed by atoms with van der Waals surface area (Å²) in [5.74, 6) is -0.106. The van der Waals surface area contributed by atoms with Crippen LogP contribution in [0.2, 0.25) is 0 Å². The van der Waals surface area contributed by atoms with Gasteiger partial charge >= 0.3 is 12.3 Å². The van der Waals surface area contributed by atoms with Gasteiger partial charge in [0, 0.05) is 38.6 Å². The fraction of sp³-hybridized carbons (Fsp3) is 0.538. The molecule has 1 N–H and O–H groups in total. The number of alkyl halides is 3. The highest BCUT2D eigenvalue weighted by atomic mass is 19.4. The number of hydrogen-bond donors (Lipinski definition) is 1. The number of aromatic nitrogens is 2. The molecule has 8 nitrogen and oxygen atoms in total. The molecule has 24 heavy (non-hydrogen) atoms. The van der Waals surface area contributed by atoms with Crippen LogP contribution in [0.3, 0.4) is 0 Å². The van der Waals surface area contributed by atoms with E-state index in [4.69, 9.17) is 4.74 Å². The van der Waals surface area contributed by atoms with Crippen molar-refractivity contribution in [3.8, 4) is 0 Å². The zero-order valence-corrected chi connectivity index (χ0v) is 12.4. The van der Waals surface area contributed by atoms with Crippen molar-refractivity contribution >= 4 is 17.9 Å². The summed E-state index contributed by atoms with van der Waals surface area (Å²) in [4.78, 5) is 33.9. The Bertz CT molecular complexity index is 629. The summed E-state index contributed by atoms with van der Waals surface area (Å²) in [6, 6.07) is 0. The van der Waals surface area contributed by atoms with Crippen molar-refractivity contribution in [1.29, 1.82) is 0 Å². The maximum atomic E-state index is 12.5. The minimum Gasteiger partial charge on any atom is -0.434 e. The second-order valence-electron chi connectivity index (χ2n) is 5.36. The number of amides is 2. The first-order valence-electron chi connectivity index (χ1n) is 7.22. The fourth-order valence-electron chi connectivity index (χ4n) is 2.49. The first-order valence-corrected chi connectivity index (χ1v) is 7.22. The lowest BCUT2D eigenvalue weighted by Crippen LogP contribution is -2.52. The number of nitrogens with one attached hydrogen (secondary N) is 1. The maximum absolute atomic E-state index is 12.5. The SMILES string of the molecule is O=C1NCC(C(=O)N2CCN(c3ncc(C(F)(F)F)cn3)CC2)O1. The number of piperazine rings is 1. The highest BCUT2D eigenvalue weighted by Gasteiger charge is 2.35. The first-order chi connectivity index (χ1) is 11.3. The minimum absolute atomic E-state index is 0.139. The van der Waals surface area contributed by atoms with E-state index in [1.165, 1.54) is 0 Å². The van der Waals surface area contributed by atoms with E-state index < -0.39 is 23.9 Å². The van der Waals surface area contributed by atoms with E-state index in [2.05, 4.69) is 15.3 Å². The molecule has 2 aliphatic rings. The Balaban J connectivity index is 1.57. The lowest BCUT2D eigenvalue weighted by atomic mass is 10.2. The number of carbonyl (C=O) groups excluding carboxylic acids is 2. The summed E-state index contributed by atoms with van der Waals surface area (Å²) in [6.45, 7) is 1.59. The van der Waals surface area contributed by atoms with Crippen LogP contribution in [0.4, 0.5) is 23.9 Å². The summed E-state index contributed by atoms with van der Waals surface area (Å²) in [7, 11) is 0. The summed E-state index contributed by atoms with van der Waals surface area (Å²) in [5, 5.41) is 2.41. The zero-order valence-electron chi connectivity index (χ0n) is 12.4. The molecule has 1 unspecified atom stereocenters. The van der Waals surface area contributed by atoms with Crippen molar-refractivity contribution in [2.75, 3.05) is 37.6 Å². The van der Waals surface area contributed by atoms with E-state index in [1.807, 2.05) is 0 Å². The Morgan fingerprint density at radius 2 is 1.83 bits per heavy atom. The van der Waals surface area contributed by atoms with Gasteiger partial charge in [-0.3, -0.25) is 4.79 Å². The highest BCUT2D eigenvalue weighted by molar-refractivity contribution is 5.86. The third kappa shape index (κ3) is 3.34. The Morgan fingerprint density at radius 3 is 2.33 bits per heavy atom. The molecule has 0 aliphatic carbocycles. The zero-order chi connectivity index (χ0) is 17.3. The molecule has 2 saturated heterocycles. The maximum Gasteiger partial charge on any atom is 0.419 e. The summed E-state index contributed by atoms with van der Waals surface area (Å²) in [6.07, 6.45) is -4.44. The molecule has 3 rings (SSSR count). The molecule has 130 valence electrons. The number of carbonyl (C=O) groups is 2. The molecule has 1 atom stereocenters. The van der Waals surface area contributed by atoms with Crippen molar-refractivity contribution in [2.45, 2.75) is 12.3 Å². The average molecular weight is 345 g/mol. The van der Waals surface area contributed by atoms with Gasteiger partial charge in [-0.1, -0.05) is 0 Å². The van der Waals surface area contributed by atoms with Crippen LogP contribution in [0.1, 0.15) is 5.56 Å². The molecule has 11 heteroatoms. The molecule has 1 aromatic heterocycles. The average Bonchev–Trinajstić information content (AvgIpc) is 3.00. The fourth-order valence-corrected chi connectivity index (χ4v) is 2.49. The number of ether oxygens (including phenoxy) is 1.